The Balaban J connectivity index is 2.00. The fourth-order valence-corrected chi connectivity index (χ4v) is 3.30. The van der Waals surface area contributed by atoms with Crippen LogP contribution in [0.15, 0.2) is 12.3 Å². The van der Waals surface area contributed by atoms with E-state index in [0.29, 0.717) is 11.5 Å². The number of hydrogen-bond acceptors (Lipinski definition) is 2. The van der Waals surface area contributed by atoms with Crippen molar-refractivity contribution in [3.63, 3.8) is 0 Å². The molecule has 114 valence electrons. The predicted molar refractivity (Wildman–Crippen MR) is 84.7 cm³/mol. The van der Waals surface area contributed by atoms with E-state index >= 15 is 0 Å². The predicted octanol–water partition coefficient (Wildman–Crippen LogP) is 4.08. The monoisotopic (exact) mass is 277 g/mol. The van der Waals surface area contributed by atoms with E-state index < -0.39 is 0 Å². The van der Waals surface area contributed by atoms with Gasteiger partial charge in [0.1, 0.15) is 0 Å². The molecular formula is C17H31N3. The summed E-state index contributed by atoms with van der Waals surface area (Å²) in [5.41, 5.74) is 8.21. The molecule has 3 nitrogen and oxygen atoms in total. The molecule has 0 bridgehead atoms. The lowest BCUT2D eigenvalue weighted by Gasteiger charge is -2.41. The first-order valence-electron chi connectivity index (χ1n) is 8.20. The lowest BCUT2D eigenvalue weighted by atomic mass is 9.68. The van der Waals surface area contributed by atoms with E-state index in [9.17, 15) is 0 Å². The van der Waals surface area contributed by atoms with E-state index in [0.717, 1.165) is 32.1 Å². The van der Waals surface area contributed by atoms with Gasteiger partial charge in [0.15, 0.2) is 0 Å². The van der Waals surface area contributed by atoms with Crippen LogP contribution in [0.5, 0.6) is 0 Å². The maximum absolute atomic E-state index is 6.61. The zero-order chi connectivity index (χ0) is 14.8. The maximum atomic E-state index is 6.61. The smallest absolute Gasteiger partial charge is 0.0643 e. The lowest BCUT2D eigenvalue weighted by molar-refractivity contribution is 0.163. The fraction of sp³-hybridized carbons (Fsp3) is 0.824. The van der Waals surface area contributed by atoms with Gasteiger partial charge in [0.25, 0.3) is 0 Å². The average molecular weight is 277 g/mol. The van der Waals surface area contributed by atoms with E-state index in [1.165, 1.54) is 18.5 Å². The van der Waals surface area contributed by atoms with Gasteiger partial charge in [-0.05, 0) is 50.0 Å². The molecule has 0 atom stereocenters. The van der Waals surface area contributed by atoms with Crippen LogP contribution in [0.3, 0.4) is 0 Å². The van der Waals surface area contributed by atoms with E-state index in [1.807, 2.05) is 0 Å². The first kappa shape index (κ1) is 15.6. The molecule has 1 aromatic rings. The fourth-order valence-electron chi connectivity index (χ4n) is 3.30. The van der Waals surface area contributed by atoms with Crippen molar-refractivity contribution in [3.05, 3.63) is 18.0 Å². The average Bonchev–Trinajstić information content (AvgIpc) is 2.84. The molecule has 0 aliphatic heterocycles. The molecule has 0 unspecified atom stereocenters. The van der Waals surface area contributed by atoms with Crippen molar-refractivity contribution in [2.24, 2.45) is 11.1 Å². The minimum Gasteiger partial charge on any atom is -0.325 e. The normalized spacial score (nSPS) is 21.3. The first-order chi connectivity index (χ1) is 9.37. The van der Waals surface area contributed by atoms with Gasteiger partial charge in [-0.3, -0.25) is 4.68 Å². The van der Waals surface area contributed by atoms with Crippen LogP contribution in [-0.4, -0.2) is 15.3 Å². The molecule has 2 N–H and O–H groups in total. The molecule has 0 saturated heterocycles. The minimum atomic E-state index is -0.0391. The van der Waals surface area contributed by atoms with E-state index in [-0.39, 0.29) is 5.54 Å². The standard InChI is InChI=1S/C17H31N3/c1-5-15(6-2)20-12-7-14(19-20)13-17(18)10-8-16(3,4)9-11-17/h7,12,15H,5-6,8-11,13,18H2,1-4H3. The number of nitrogens with two attached hydrogens (primary N) is 1. The highest BCUT2D eigenvalue weighted by molar-refractivity contribution is 5.08. The summed E-state index contributed by atoms with van der Waals surface area (Å²) in [4.78, 5) is 0. The molecule has 1 aromatic heterocycles. The SMILES string of the molecule is CCC(CC)n1ccc(CC2(N)CCC(C)(C)CC2)n1. The largest absolute Gasteiger partial charge is 0.325 e. The van der Waals surface area contributed by atoms with Gasteiger partial charge in [0.05, 0.1) is 11.7 Å². The lowest BCUT2D eigenvalue weighted by Crippen LogP contribution is -2.47. The third-order valence-electron chi connectivity index (χ3n) is 5.11. The molecule has 0 radical (unpaired) electrons. The molecule has 0 spiro atoms. The molecular weight excluding hydrogens is 246 g/mol. The van der Waals surface area contributed by atoms with Gasteiger partial charge in [0.2, 0.25) is 0 Å². The first-order valence-corrected chi connectivity index (χ1v) is 8.20. The Hall–Kier alpha value is -0.830. The highest BCUT2D eigenvalue weighted by Gasteiger charge is 2.35. The van der Waals surface area contributed by atoms with Crippen molar-refractivity contribution in [2.45, 2.75) is 84.2 Å². The number of nitrogens with zero attached hydrogens (tertiary/aromatic N) is 2. The Morgan fingerprint density at radius 2 is 1.80 bits per heavy atom. The van der Waals surface area contributed by atoms with Gasteiger partial charge in [-0.15, -0.1) is 0 Å². The molecule has 3 heteroatoms. The highest BCUT2D eigenvalue weighted by atomic mass is 15.3. The van der Waals surface area contributed by atoms with Gasteiger partial charge in [-0.2, -0.15) is 5.10 Å². The van der Waals surface area contributed by atoms with Crippen molar-refractivity contribution >= 4 is 0 Å². The molecule has 1 saturated carbocycles. The van der Waals surface area contributed by atoms with E-state index in [1.54, 1.807) is 0 Å². The summed E-state index contributed by atoms with van der Waals surface area (Å²) < 4.78 is 2.13. The third-order valence-corrected chi connectivity index (χ3v) is 5.11. The Morgan fingerprint density at radius 3 is 2.35 bits per heavy atom. The van der Waals surface area contributed by atoms with Gasteiger partial charge >= 0.3 is 0 Å². The highest BCUT2D eigenvalue weighted by Crippen LogP contribution is 2.40. The number of hydrogen-bond donors (Lipinski definition) is 1. The zero-order valence-electron chi connectivity index (χ0n) is 13.7. The van der Waals surface area contributed by atoms with Crippen molar-refractivity contribution in [2.75, 3.05) is 0 Å². The quantitative estimate of drug-likeness (QED) is 0.881. The van der Waals surface area contributed by atoms with Crippen LogP contribution in [0.4, 0.5) is 0 Å². The summed E-state index contributed by atoms with van der Waals surface area (Å²) in [5.74, 6) is 0. The molecule has 1 aliphatic rings. The zero-order valence-corrected chi connectivity index (χ0v) is 13.7. The van der Waals surface area contributed by atoms with Crippen LogP contribution in [0.1, 0.15) is 78.0 Å². The third kappa shape index (κ3) is 3.63. The Labute approximate surface area is 123 Å². The van der Waals surface area contributed by atoms with Crippen molar-refractivity contribution in [1.82, 2.24) is 9.78 Å². The molecule has 1 heterocycles. The molecule has 0 amide bonds. The summed E-state index contributed by atoms with van der Waals surface area (Å²) >= 11 is 0. The van der Waals surface area contributed by atoms with Crippen LogP contribution in [0, 0.1) is 5.41 Å². The topological polar surface area (TPSA) is 43.8 Å². The Bertz CT molecular complexity index is 419. The van der Waals surface area contributed by atoms with E-state index in [4.69, 9.17) is 10.8 Å². The van der Waals surface area contributed by atoms with E-state index in [2.05, 4.69) is 44.6 Å². The summed E-state index contributed by atoms with van der Waals surface area (Å²) in [7, 11) is 0. The van der Waals surface area contributed by atoms with Crippen LogP contribution in [-0.2, 0) is 6.42 Å². The number of aromatic nitrogens is 2. The van der Waals surface area contributed by atoms with Gasteiger partial charge < -0.3 is 5.73 Å². The van der Waals surface area contributed by atoms with Crippen LogP contribution in [0.2, 0.25) is 0 Å². The molecule has 20 heavy (non-hydrogen) atoms. The van der Waals surface area contributed by atoms with Crippen LogP contribution in [0.25, 0.3) is 0 Å². The van der Waals surface area contributed by atoms with Gasteiger partial charge in [-0.25, -0.2) is 0 Å². The van der Waals surface area contributed by atoms with Crippen LogP contribution < -0.4 is 5.73 Å². The second-order valence-electron chi connectivity index (χ2n) is 7.46. The minimum absolute atomic E-state index is 0.0391. The van der Waals surface area contributed by atoms with Gasteiger partial charge in [-0.1, -0.05) is 27.7 Å². The van der Waals surface area contributed by atoms with Crippen molar-refractivity contribution < 1.29 is 0 Å². The second kappa shape index (κ2) is 5.88. The molecule has 2 rings (SSSR count). The molecule has 1 fully saturated rings. The van der Waals surface area contributed by atoms with Crippen molar-refractivity contribution in [1.29, 1.82) is 0 Å². The summed E-state index contributed by atoms with van der Waals surface area (Å²) in [6, 6.07) is 2.69. The molecule has 0 aromatic carbocycles. The Kier molecular flexibility index (Phi) is 4.58. The summed E-state index contributed by atoms with van der Waals surface area (Å²) in [6.45, 7) is 9.16. The second-order valence-corrected chi connectivity index (χ2v) is 7.46. The number of rotatable bonds is 5. The van der Waals surface area contributed by atoms with Crippen molar-refractivity contribution in [3.8, 4) is 0 Å². The van der Waals surface area contributed by atoms with Gasteiger partial charge in [0, 0.05) is 18.2 Å². The maximum Gasteiger partial charge on any atom is 0.0643 e. The summed E-state index contributed by atoms with van der Waals surface area (Å²) in [6.07, 6.45) is 10.0. The molecule has 1 aliphatic carbocycles. The summed E-state index contributed by atoms with van der Waals surface area (Å²) in [5, 5.41) is 4.76. The Morgan fingerprint density at radius 1 is 1.20 bits per heavy atom. The van der Waals surface area contributed by atoms with Crippen LogP contribution >= 0.6 is 0 Å².